The Morgan fingerprint density at radius 1 is 1.45 bits per heavy atom. The van der Waals surface area contributed by atoms with Crippen LogP contribution in [0.3, 0.4) is 0 Å². The molecule has 1 aliphatic heterocycles. The summed E-state index contributed by atoms with van der Waals surface area (Å²) in [7, 11) is -3.01. The Hall–Kier alpha value is -1.63. The number of hydrogen-bond donors (Lipinski definition) is 2. The van der Waals surface area contributed by atoms with Crippen LogP contribution in [0, 0.1) is 0 Å². The van der Waals surface area contributed by atoms with Crippen LogP contribution >= 0.6 is 0 Å². The van der Waals surface area contributed by atoms with Gasteiger partial charge in [0.1, 0.15) is 5.82 Å². The standard InChI is InChI=1S/C13H19N3O3S/c1-2-14-12-6-5-10(8-15-12)13(17)16-11-4-3-7-20(18,19)9-11/h5-6,8,11H,2-4,7,9H2,1H3,(H,14,15)(H,16,17). The molecule has 1 amide bonds. The predicted molar refractivity (Wildman–Crippen MR) is 77.5 cm³/mol. The van der Waals surface area contributed by atoms with Crippen molar-refractivity contribution >= 4 is 21.6 Å². The lowest BCUT2D eigenvalue weighted by Gasteiger charge is -2.22. The number of anilines is 1. The van der Waals surface area contributed by atoms with Crippen molar-refractivity contribution in [1.29, 1.82) is 0 Å². The Morgan fingerprint density at radius 2 is 2.25 bits per heavy atom. The van der Waals surface area contributed by atoms with Crippen molar-refractivity contribution in [3.8, 4) is 0 Å². The van der Waals surface area contributed by atoms with Crippen LogP contribution in [-0.4, -0.2) is 43.4 Å². The number of rotatable bonds is 4. The van der Waals surface area contributed by atoms with E-state index in [9.17, 15) is 13.2 Å². The zero-order valence-corrected chi connectivity index (χ0v) is 12.2. The molecule has 1 aliphatic rings. The maximum Gasteiger partial charge on any atom is 0.253 e. The second-order valence-corrected chi connectivity index (χ2v) is 7.12. The fraction of sp³-hybridized carbons (Fsp3) is 0.538. The maximum atomic E-state index is 12.0. The van der Waals surface area contributed by atoms with Gasteiger partial charge in [0, 0.05) is 18.8 Å². The molecule has 1 unspecified atom stereocenters. The average molecular weight is 297 g/mol. The van der Waals surface area contributed by atoms with Gasteiger partial charge in [-0.2, -0.15) is 0 Å². The van der Waals surface area contributed by atoms with Gasteiger partial charge in [-0.25, -0.2) is 13.4 Å². The fourth-order valence-electron chi connectivity index (χ4n) is 2.22. The van der Waals surface area contributed by atoms with E-state index in [1.807, 2.05) is 6.92 Å². The number of sulfone groups is 1. The smallest absolute Gasteiger partial charge is 0.253 e. The summed E-state index contributed by atoms with van der Waals surface area (Å²) in [5.41, 5.74) is 0.439. The number of pyridine rings is 1. The van der Waals surface area contributed by atoms with Crippen LogP contribution in [0.15, 0.2) is 18.3 Å². The first-order chi connectivity index (χ1) is 9.50. The quantitative estimate of drug-likeness (QED) is 0.859. The Morgan fingerprint density at radius 3 is 2.85 bits per heavy atom. The van der Waals surface area contributed by atoms with Crippen LogP contribution in [-0.2, 0) is 9.84 Å². The molecule has 0 saturated carbocycles. The first-order valence-corrected chi connectivity index (χ1v) is 8.53. The third kappa shape index (κ3) is 3.93. The van der Waals surface area contributed by atoms with Gasteiger partial charge in [-0.3, -0.25) is 4.79 Å². The average Bonchev–Trinajstić information content (AvgIpc) is 2.38. The van der Waals surface area contributed by atoms with Gasteiger partial charge in [-0.15, -0.1) is 0 Å². The molecule has 0 bridgehead atoms. The molecule has 0 aromatic carbocycles. The van der Waals surface area contributed by atoms with Gasteiger partial charge in [0.25, 0.3) is 5.91 Å². The highest BCUT2D eigenvalue weighted by atomic mass is 32.2. The van der Waals surface area contributed by atoms with Gasteiger partial charge >= 0.3 is 0 Å². The van der Waals surface area contributed by atoms with Crippen LogP contribution in [0.1, 0.15) is 30.1 Å². The van der Waals surface area contributed by atoms with Crippen molar-refractivity contribution in [2.24, 2.45) is 0 Å². The molecule has 2 heterocycles. The van der Waals surface area contributed by atoms with E-state index in [0.29, 0.717) is 24.2 Å². The number of amides is 1. The van der Waals surface area contributed by atoms with Crippen molar-refractivity contribution < 1.29 is 13.2 Å². The third-order valence-corrected chi connectivity index (χ3v) is 5.00. The Labute approximate surface area is 118 Å². The largest absolute Gasteiger partial charge is 0.370 e. The zero-order chi connectivity index (χ0) is 14.6. The van der Waals surface area contributed by atoms with Gasteiger partial charge in [0.05, 0.1) is 17.1 Å². The SMILES string of the molecule is CCNc1ccc(C(=O)NC2CCCS(=O)(=O)C2)cn1. The van der Waals surface area contributed by atoms with Crippen LogP contribution in [0.25, 0.3) is 0 Å². The number of hydrogen-bond acceptors (Lipinski definition) is 5. The van der Waals surface area contributed by atoms with Crippen molar-refractivity contribution in [2.75, 3.05) is 23.4 Å². The van der Waals surface area contributed by atoms with Crippen LogP contribution in [0.5, 0.6) is 0 Å². The molecule has 1 aromatic rings. The molecule has 2 N–H and O–H groups in total. The highest BCUT2D eigenvalue weighted by Gasteiger charge is 2.26. The number of carbonyl (C=O) groups excluding carboxylic acids is 1. The summed E-state index contributed by atoms with van der Waals surface area (Å²) in [5, 5.41) is 5.81. The number of nitrogens with zero attached hydrogens (tertiary/aromatic N) is 1. The molecule has 110 valence electrons. The van der Waals surface area contributed by atoms with Gasteiger partial charge in [0.2, 0.25) is 0 Å². The van der Waals surface area contributed by atoms with Crippen molar-refractivity contribution in [2.45, 2.75) is 25.8 Å². The molecule has 1 fully saturated rings. The second kappa shape index (κ2) is 6.21. The molecular weight excluding hydrogens is 278 g/mol. The first-order valence-electron chi connectivity index (χ1n) is 6.71. The van der Waals surface area contributed by atoms with E-state index in [-0.39, 0.29) is 23.5 Å². The monoisotopic (exact) mass is 297 g/mol. The fourth-order valence-corrected chi connectivity index (χ4v) is 3.86. The van der Waals surface area contributed by atoms with Crippen molar-refractivity contribution in [1.82, 2.24) is 10.3 Å². The maximum absolute atomic E-state index is 12.0. The van der Waals surface area contributed by atoms with Gasteiger partial charge in [-0.1, -0.05) is 0 Å². The Balaban J connectivity index is 1.97. The minimum atomic E-state index is -3.01. The molecule has 20 heavy (non-hydrogen) atoms. The minimum absolute atomic E-state index is 0.0294. The molecule has 0 radical (unpaired) electrons. The van der Waals surface area contributed by atoms with Gasteiger partial charge in [0.15, 0.2) is 9.84 Å². The highest BCUT2D eigenvalue weighted by Crippen LogP contribution is 2.13. The van der Waals surface area contributed by atoms with E-state index < -0.39 is 9.84 Å². The van der Waals surface area contributed by atoms with E-state index in [0.717, 1.165) is 6.54 Å². The topological polar surface area (TPSA) is 88.2 Å². The molecule has 7 heteroatoms. The zero-order valence-electron chi connectivity index (χ0n) is 11.4. The number of aromatic nitrogens is 1. The Bertz CT molecular complexity index is 569. The molecule has 1 saturated heterocycles. The third-order valence-electron chi connectivity index (χ3n) is 3.18. The van der Waals surface area contributed by atoms with Crippen molar-refractivity contribution in [3.05, 3.63) is 23.9 Å². The molecule has 6 nitrogen and oxygen atoms in total. The predicted octanol–water partition coefficient (Wildman–Crippen LogP) is 0.820. The van der Waals surface area contributed by atoms with Crippen LogP contribution < -0.4 is 10.6 Å². The highest BCUT2D eigenvalue weighted by molar-refractivity contribution is 7.91. The van der Waals surface area contributed by atoms with Gasteiger partial charge in [-0.05, 0) is 31.9 Å². The summed E-state index contributed by atoms with van der Waals surface area (Å²) < 4.78 is 23.0. The lowest BCUT2D eigenvalue weighted by atomic mass is 10.1. The molecule has 1 atom stereocenters. The second-order valence-electron chi connectivity index (χ2n) is 4.89. The van der Waals surface area contributed by atoms with E-state index >= 15 is 0 Å². The summed E-state index contributed by atoms with van der Waals surface area (Å²) in [5.74, 6) is 0.687. The lowest BCUT2D eigenvalue weighted by Crippen LogP contribution is -2.43. The molecule has 2 rings (SSSR count). The first kappa shape index (κ1) is 14.8. The van der Waals surface area contributed by atoms with E-state index in [2.05, 4.69) is 15.6 Å². The van der Waals surface area contributed by atoms with Crippen LogP contribution in [0.2, 0.25) is 0 Å². The van der Waals surface area contributed by atoms with Crippen LogP contribution in [0.4, 0.5) is 5.82 Å². The minimum Gasteiger partial charge on any atom is -0.370 e. The summed E-state index contributed by atoms with van der Waals surface area (Å²) in [4.78, 5) is 16.1. The van der Waals surface area contributed by atoms with E-state index in [4.69, 9.17) is 0 Å². The number of nitrogens with one attached hydrogen (secondary N) is 2. The summed E-state index contributed by atoms with van der Waals surface area (Å²) in [6.07, 6.45) is 2.80. The molecular formula is C13H19N3O3S. The molecule has 0 aliphatic carbocycles. The van der Waals surface area contributed by atoms with Gasteiger partial charge < -0.3 is 10.6 Å². The Kier molecular flexibility index (Phi) is 4.59. The van der Waals surface area contributed by atoms with E-state index in [1.165, 1.54) is 6.20 Å². The molecule has 0 spiro atoms. The van der Waals surface area contributed by atoms with E-state index in [1.54, 1.807) is 12.1 Å². The summed E-state index contributed by atoms with van der Waals surface area (Å²) >= 11 is 0. The summed E-state index contributed by atoms with van der Waals surface area (Å²) in [6, 6.07) is 3.11. The lowest BCUT2D eigenvalue weighted by molar-refractivity contribution is 0.0938. The normalized spacial score (nSPS) is 21.1. The number of carbonyl (C=O) groups is 1. The van der Waals surface area contributed by atoms with Crippen molar-refractivity contribution in [3.63, 3.8) is 0 Å². The molecule has 1 aromatic heterocycles. The summed E-state index contributed by atoms with van der Waals surface area (Å²) in [6.45, 7) is 2.73.